The number of aromatic nitrogens is 1. The summed E-state index contributed by atoms with van der Waals surface area (Å²) in [5.41, 5.74) is 2.31. The number of carbonyl (C=O) groups excluding carboxylic acids is 1. The Bertz CT molecular complexity index is 1380. The van der Waals surface area contributed by atoms with Crippen molar-refractivity contribution in [3.05, 3.63) is 96.7 Å². The molecule has 0 bridgehead atoms. The molecule has 6 nitrogen and oxygen atoms in total. The summed E-state index contributed by atoms with van der Waals surface area (Å²) in [6.45, 7) is 7.64. The zero-order valence-corrected chi connectivity index (χ0v) is 19.9. The molecule has 2 heterocycles. The number of hydrogen-bond donors (Lipinski definition) is 0. The SMILES string of the molecule is CCOC(=O)C1=C(C)N=c2s/c(=C/c3ccccc3)c(=O)n2[C@@H]1c1ccccc1OC(C)C. The zero-order valence-electron chi connectivity index (χ0n) is 19.1. The highest BCUT2D eigenvalue weighted by Gasteiger charge is 2.35. The average molecular weight is 463 g/mol. The molecule has 0 aliphatic carbocycles. The molecule has 2 aromatic carbocycles. The van der Waals surface area contributed by atoms with Gasteiger partial charge < -0.3 is 9.47 Å². The maximum Gasteiger partial charge on any atom is 0.338 e. The van der Waals surface area contributed by atoms with Crippen molar-refractivity contribution in [3.8, 4) is 5.75 Å². The van der Waals surface area contributed by atoms with Crippen LogP contribution in [0.15, 0.2) is 75.7 Å². The number of fused-ring (bicyclic) bond motifs is 1. The second kappa shape index (κ2) is 9.58. The Kier molecular flexibility index (Phi) is 6.60. The number of nitrogens with zero attached hydrogens (tertiary/aromatic N) is 2. The standard InChI is InChI=1S/C26H26N2O4S/c1-5-31-25(30)22-17(4)27-26-28(23(22)19-13-9-10-14-20(19)32-16(2)3)24(29)21(33-26)15-18-11-7-6-8-12-18/h6-16,23H,5H2,1-4H3/b21-15+/t23-/m1/s1. The smallest absolute Gasteiger partial charge is 0.338 e. The van der Waals surface area contributed by atoms with Crippen LogP contribution in [-0.2, 0) is 9.53 Å². The van der Waals surface area contributed by atoms with Crippen LogP contribution in [0.1, 0.15) is 44.9 Å². The van der Waals surface area contributed by atoms with Gasteiger partial charge in [0.05, 0.1) is 28.5 Å². The number of thiazole rings is 1. The van der Waals surface area contributed by atoms with Gasteiger partial charge in [-0.25, -0.2) is 9.79 Å². The molecule has 33 heavy (non-hydrogen) atoms. The predicted molar refractivity (Wildman–Crippen MR) is 129 cm³/mol. The van der Waals surface area contributed by atoms with E-state index in [1.165, 1.54) is 11.3 Å². The van der Waals surface area contributed by atoms with Crippen molar-refractivity contribution in [3.63, 3.8) is 0 Å². The van der Waals surface area contributed by atoms with Crippen molar-refractivity contribution in [2.75, 3.05) is 6.61 Å². The van der Waals surface area contributed by atoms with Crippen LogP contribution in [0.5, 0.6) is 5.75 Å². The highest BCUT2D eigenvalue weighted by atomic mass is 32.1. The van der Waals surface area contributed by atoms with Gasteiger partial charge in [0.1, 0.15) is 11.8 Å². The third-order valence-electron chi connectivity index (χ3n) is 5.19. The predicted octanol–water partition coefficient (Wildman–Crippen LogP) is 3.59. The maximum atomic E-state index is 13.6. The molecule has 1 aliphatic rings. The Morgan fingerprint density at radius 2 is 1.85 bits per heavy atom. The maximum absolute atomic E-state index is 13.6. The fraction of sp³-hybridized carbons (Fsp3) is 0.269. The molecule has 170 valence electrons. The molecule has 0 saturated heterocycles. The van der Waals surface area contributed by atoms with Crippen molar-refractivity contribution in [2.24, 2.45) is 4.99 Å². The van der Waals surface area contributed by atoms with Gasteiger partial charge in [-0.2, -0.15) is 0 Å². The number of hydrogen-bond acceptors (Lipinski definition) is 6. The summed E-state index contributed by atoms with van der Waals surface area (Å²) in [5.74, 6) is 0.132. The van der Waals surface area contributed by atoms with E-state index in [2.05, 4.69) is 4.99 Å². The summed E-state index contributed by atoms with van der Waals surface area (Å²) in [7, 11) is 0. The normalized spacial score (nSPS) is 15.9. The molecule has 0 N–H and O–H groups in total. The number of benzene rings is 2. The van der Waals surface area contributed by atoms with Crippen molar-refractivity contribution in [2.45, 2.75) is 39.8 Å². The molecule has 4 rings (SSSR count). The summed E-state index contributed by atoms with van der Waals surface area (Å²) in [4.78, 5) is 31.8. The highest BCUT2D eigenvalue weighted by Crippen LogP contribution is 2.36. The summed E-state index contributed by atoms with van der Waals surface area (Å²) in [6, 6.07) is 16.5. The number of carbonyl (C=O) groups is 1. The van der Waals surface area contributed by atoms with E-state index in [-0.39, 0.29) is 18.3 Å². The van der Waals surface area contributed by atoms with Crippen LogP contribution < -0.4 is 19.6 Å². The second-order valence-electron chi connectivity index (χ2n) is 7.92. The fourth-order valence-corrected chi connectivity index (χ4v) is 4.90. The number of ether oxygens (including phenoxy) is 2. The second-order valence-corrected chi connectivity index (χ2v) is 8.93. The summed E-state index contributed by atoms with van der Waals surface area (Å²) in [5, 5.41) is 0. The van der Waals surface area contributed by atoms with Crippen LogP contribution in [0.4, 0.5) is 0 Å². The molecular formula is C26H26N2O4S. The minimum absolute atomic E-state index is 0.0730. The molecule has 0 saturated carbocycles. The van der Waals surface area contributed by atoms with E-state index in [1.807, 2.05) is 74.5 Å². The van der Waals surface area contributed by atoms with Crippen molar-refractivity contribution in [1.82, 2.24) is 4.57 Å². The quantitative estimate of drug-likeness (QED) is 0.525. The molecule has 0 unspecified atom stereocenters. The van der Waals surface area contributed by atoms with Crippen LogP contribution in [0, 0.1) is 0 Å². The van der Waals surface area contributed by atoms with Gasteiger partial charge >= 0.3 is 5.97 Å². The molecule has 1 aliphatic heterocycles. The number of allylic oxidation sites excluding steroid dienone is 1. The van der Waals surface area contributed by atoms with Crippen LogP contribution >= 0.6 is 11.3 Å². The highest BCUT2D eigenvalue weighted by molar-refractivity contribution is 7.07. The molecule has 0 amide bonds. The van der Waals surface area contributed by atoms with E-state index in [4.69, 9.17) is 9.47 Å². The van der Waals surface area contributed by atoms with E-state index in [0.717, 1.165) is 11.1 Å². The Morgan fingerprint density at radius 3 is 2.55 bits per heavy atom. The topological polar surface area (TPSA) is 69.9 Å². The van der Waals surface area contributed by atoms with E-state index in [9.17, 15) is 9.59 Å². The van der Waals surface area contributed by atoms with Gasteiger partial charge in [-0.05, 0) is 45.4 Å². The van der Waals surface area contributed by atoms with Crippen LogP contribution in [-0.4, -0.2) is 23.2 Å². The molecule has 3 aromatic rings. The summed E-state index contributed by atoms with van der Waals surface area (Å²) < 4.78 is 13.5. The monoisotopic (exact) mass is 462 g/mol. The average Bonchev–Trinajstić information content (AvgIpc) is 3.08. The van der Waals surface area contributed by atoms with E-state index in [1.54, 1.807) is 18.4 Å². The first-order valence-corrected chi connectivity index (χ1v) is 11.7. The molecule has 0 radical (unpaired) electrons. The van der Waals surface area contributed by atoms with Gasteiger partial charge in [0.15, 0.2) is 4.80 Å². The Morgan fingerprint density at radius 1 is 1.15 bits per heavy atom. The van der Waals surface area contributed by atoms with Crippen LogP contribution in [0.2, 0.25) is 0 Å². The lowest BCUT2D eigenvalue weighted by Crippen LogP contribution is -2.40. The first-order valence-electron chi connectivity index (χ1n) is 10.9. The minimum atomic E-state index is -0.701. The first kappa shape index (κ1) is 22.7. The molecule has 0 fully saturated rings. The molecule has 1 atom stereocenters. The minimum Gasteiger partial charge on any atom is -0.491 e. The fourth-order valence-electron chi connectivity index (χ4n) is 3.85. The molecule has 1 aromatic heterocycles. The van der Waals surface area contributed by atoms with Gasteiger partial charge in [0.25, 0.3) is 5.56 Å². The summed E-state index contributed by atoms with van der Waals surface area (Å²) >= 11 is 1.31. The van der Waals surface area contributed by atoms with Crippen molar-refractivity contribution in [1.29, 1.82) is 0 Å². The number of rotatable bonds is 6. The first-order chi connectivity index (χ1) is 15.9. The lowest BCUT2D eigenvalue weighted by molar-refractivity contribution is -0.139. The zero-order chi connectivity index (χ0) is 23.5. The third kappa shape index (κ3) is 4.54. The largest absolute Gasteiger partial charge is 0.491 e. The summed E-state index contributed by atoms with van der Waals surface area (Å²) in [6.07, 6.45) is 1.78. The van der Waals surface area contributed by atoms with E-state index >= 15 is 0 Å². The van der Waals surface area contributed by atoms with Gasteiger partial charge in [0, 0.05) is 5.56 Å². The van der Waals surface area contributed by atoms with Gasteiger partial charge in [-0.3, -0.25) is 9.36 Å². The van der Waals surface area contributed by atoms with Gasteiger partial charge in [0.2, 0.25) is 0 Å². The Hall–Kier alpha value is -3.45. The van der Waals surface area contributed by atoms with Crippen LogP contribution in [0.3, 0.4) is 0 Å². The number of para-hydroxylation sites is 1. The lowest BCUT2D eigenvalue weighted by Gasteiger charge is -2.26. The van der Waals surface area contributed by atoms with Gasteiger partial charge in [-0.1, -0.05) is 59.9 Å². The molecule has 7 heteroatoms. The number of esters is 1. The lowest BCUT2D eigenvalue weighted by atomic mass is 9.95. The third-order valence-corrected chi connectivity index (χ3v) is 6.17. The van der Waals surface area contributed by atoms with E-state index in [0.29, 0.717) is 26.4 Å². The Balaban J connectivity index is 1.99. The molecular weight excluding hydrogens is 436 g/mol. The van der Waals surface area contributed by atoms with Crippen molar-refractivity contribution < 1.29 is 14.3 Å². The van der Waals surface area contributed by atoms with Crippen molar-refractivity contribution >= 4 is 23.4 Å². The van der Waals surface area contributed by atoms with Gasteiger partial charge in [-0.15, -0.1) is 0 Å². The van der Waals surface area contributed by atoms with Crippen LogP contribution in [0.25, 0.3) is 6.08 Å². The molecule has 0 spiro atoms. The Labute approximate surface area is 196 Å². The van der Waals surface area contributed by atoms with E-state index < -0.39 is 12.0 Å².